The first kappa shape index (κ1) is 20.3. The standard InChI is InChI=1S/C21H22F3NO3S/c1-13-9-10-28-19(18-8-7-15(12-25-18)14-5-6-14)20(13)29(26,27)17-4-2-3-16(11-17)21(22,23)24/h2-4,7-8,11-14,19-20H,5-6,9-10H2,1H3. The van der Waals surface area contributed by atoms with Gasteiger partial charge in [-0.15, -0.1) is 0 Å². The Morgan fingerprint density at radius 3 is 2.48 bits per heavy atom. The molecule has 2 heterocycles. The predicted molar refractivity (Wildman–Crippen MR) is 101 cm³/mol. The van der Waals surface area contributed by atoms with Gasteiger partial charge in [0.05, 0.1) is 16.2 Å². The molecule has 29 heavy (non-hydrogen) atoms. The number of sulfone groups is 1. The van der Waals surface area contributed by atoms with Gasteiger partial charge in [0.15, 0.2) is 9.84 Å². The smallest absolute Gasteiger partial charge is 0.371 e. The third-order valence-electron chi connectivity index (χ3n) is 5.73. The molecule has 156 valence electrons. The molecule has 1 saturated carbocycles. The molecule has 4 rings (SSSR count). The Balaban J connectivity index is 1.71. The highest BCUT2D eigenvalue weighted by atomic mass is 32.2. The lowest BCUT2D eigenvalue weighted by molar-refractivity contribution is -0.137. The molecular weight excluding hydrogens is 403 g/mol. The second kappa shape index (κ2) is 7.40. The molecule has 1 aromatic heterocycles. The summed E-state index contributed by atoms with van der Waals surface area (Å²) in [5, 5.41) is -1.00. The van der Waals surface area contributed by atoms with Gasteiger partial charge in [0.2, 0.25) is 0 Å². The average molecular weight is 425 g/mol. The van der Waals surface area contributed by atoms with E-state index in [1.807, 2.05) is 6.07 Å². The summed E-state index contributed by atoms with van der Waals surface area (Å²) in [6.45, 7) is 2.18. The van der Waals surface area contributed by atoms with Crippen LogP contribution >= 0.6 is 0 Å². The second-order valence-electron chi connectivity index (χ2n) is 7.88. The lowest BCUT2D eigenvalue weighted by Crippen LogP contribution is -2.40. The van der Waals surface area contributed by atoms with Crippen molar-refractivity contribution in [1.82, 2.24) is 4.98 Å². The van der Waals surface area contributed by atoms with E-state index in [0.29, 0.717) is 30.7 Å². The first-order chi connectivity index (χ1) is 13.7. The molecule has 1 saturated heterocycles. The normalized spacial score (nSPS) is 25.7. The van der Waals surface area contributed by atoms with Crippen LogP contribution in [0.4, 0.5) is 13.2 Å². The molecule has 1 aliphatic carbocycles. The van der Waals surface area contributed by atoms with Crippen LogP contribution in [0.25, 0.3) is 0 Å². The van der Waals surface area contributed by atoms with E-state index in [1.54, 1.807) is 19.2 Å². The summed E-state index contributed by atoms with van der Waals surface area (Å²) in [4.78, 5) is 4.10. The quantitative estimate of drug-likeness (QED) is 0.698. The maximum atomic E-state index is 13.4. The van der Waals surface area contributed by atoms with Gasteiger partial charge in [0, 0.05) is 12.8 Å². The zero-order valence-electron chi connectivity index (χ0n) is 15.9. The van der Waals surface area contributed by atoms with Crippen LogP contribution in [0.5, 0.6) is 0 Å². The van der Waals surface area contributed by atoms with Crippen molar-refractivity contribution in [2.75, 3.05) is 6.61 Å². The number of benzene rings is 1. The van der Waals surface area contributed by atoms with Crippen LogP contribution in [-0.2, 0) is 20.8 Å². The Morgan fingerprint density at radius 1 is 1.10 bits per heavy atom. The second-order valence-corrected chi connectivity index (χ2v) is 9.99. The summed E-state index contributed by atoms with van der Waals surface area (Å²) in [6, 6.07) is 7.64. The van der Waals surface area contributed by atoms with Gasteiger partial charge in [-0.05, 0) is 60.9 Å². The third kappa shape index (κ3) is 4.05. The van der Waals surface area contributed by atoms with Crippen molar-refractivity contribution in [3.05, 3.63) is 59.4 Å². The number of pyridine rings is 1. The van der Waals surface area contributed by atoms with Crippen molar-refractivity contribution in [2.24, 2.45) is 5.92 Å². The number of aromatic nitrogens is 1. The first-order valence-electron chi connectivity index (χ1n) is 9.66. The number of hydrogen-bond donors (Lipinski definition) is 0. The fourth-order valence-electron chi connectivity index (χ4n) is 3.91. The molecule has 8 heteroatoms. The Labute approximate surface area is 168 Å². The van der Waals surface area contributed by atoms with Gasteiger partial charge in [-0.3, -0.25) is 4.98 Å². The van der Waals surface area contributed by atoms with E-state index in [2.05, 4.69) is 4.98 Å². The largest absolute Gasteiger partial charge is 0.416 e. The maximum absolute atomic E-state index is 13.4. The Hall–Kier alpha value is -1.93. The summed E-state index contributed by atoms with van der Waals surface area (Å²) >= 11 is 0. The van der Waals surface area contributed by atoms with Gasteiger partial charge in [-0.1, -0.05) is 19.1 Å². The van der Waals surface area contributed by atoms with E-state index < -0.39 is 32.9 Å². The molecule has 1 aromatic carbocycles. The molecule has 4 nitrogen and oxygen atoms in total. The van der Waals surface area contributed by atoms with Crippen molar-refractivity contribution in [3.8, 4) is 0 Å². The molecule has 2 aromatic rings. The molecule has 3 atom stereocenters. The highest BCUT2D eigenvalue weighted by Crippen LogP contribution is 2.42. The van der Waals surface area contributed by atoms with E-state index in [-0.39, 0.29) is 10.8 Å². The molecule has 0 radical (unpaired) electrons. The number of hydrogen-bond acceptors (Lipinski definition) is 4. The van der Waals surface area contributed by atoms with Crippen LogP contribution in [0.2, 0.25) is 0 Å². The summed E-state index contributed by atoms with van der Waals surface area (Å²) in [5.74, 6) is 0.241. The predicted octanol–water partition coefficient (Wildman–Crippen LogP) is 4.92. The van der Waals surface area contributed by atoms with Gasteiger partial charge in [0.1, 0.15) is 11.4 Å². The van der Waals surface area contributed by atoms with Crippen LogP contribution in [0, 0.1) is 5.92 Å². The summed E-state index contributed by atoms with van der Waals surface area (Å²) in [6.07, 6.45) is -0.899. The summed E-state index contributed by atoms with van der Waals surface area (Å²) < 4.78 is 71.8. The molecule has 3 unspecified atom stereocenters. The summed E-state index contributed by atoms with van der Waals surface area (Å²) in [5.41, 5.74) is 0.641. The van der Waals surface area contributed by atoms with Crippen LogP contribution < -0.4 is 0 Å². The van der Waals surface area contributed by atoms with Gasteiger partial charge in [-0.2, -0.15) is 13.2 Å². The van der Waals surface area contributed by atoms with Crippen molar-refractivity contribution >= 4 is 9.84 Å². The molecule has 2 fully saturated rings. The monoisotopic (exact) mass is 425 g/mol. The minimum atomic E-state index is -4.61. The Bertz CT molecular complexity index is 985. The number of rotatable bonds is 4. The zero-order valence-corrected chi connectivity index (χ0v) is 16.7. The number of halogens is 3. The topological polar surface area (TPSA) is 56.3 Å². The van der Waals surface area contributed by atoms with E-state index in [1.165, 1.54) is 6.07 Å². The van der Waals surface area contributed by atoms with Crippen molar-refractivity contribution in [1.29, 1.82) is 0 Å². The lowest BCUT2D eigenvalue weighted by Gasteiger charge is -2.35. The number of ether oxygens (including phenoxy) is 1. The number of alkyl halides is 3. The average Bonchev–Trinajstić information content (AvgIpc) is 3.52. The third-order valence-corrected chi connectivity index (χ3v) is 8.07. The highest BCUT2D eigenvalue weighted by Gasteiger charge is 2.44. The molecule has 0 bridgehead atoms. The van der Waals surface area contributed by atoms with Gasteiger partial charge in [-0.25, -0.2) is 8.42 Å². The van der Waals surface area contributed by atoms with Crippen LogP contribution in [-0.4, -0.2) is 25.3 Å². The first-order valence-corrected chi connectivity index (χ1v) is 11.2. The van der Waals surface area contributed by atoms with E-state index in [0.717, 1.165) is 30.5 Å². The van der Waals surface area contributed by atoms with Crippen molar-refractivity contribution < 1.29 is 26.3 Å². The van der Waals surface area contributed by atoms with Crippen LogP contribution in [0.15, 0.2) is 47.5 Å². The van der Waals surface area contributed by atoms with Gasteiger partial charge < -0.3 is 4.74 Å². The molecule has 0 amide bonds. The lowest BCUT2D eigenvalue weighted by atomic mass is 9.94. The van der Waals surface area contributed by atoms with Gasteiger partial charge in [0.25, 0.3) is 0 Å². The zero-order chi connectivity index (χ0) is 20.8. The fourth-order valence-corrected chi connectivity index (χ4v) is 6.08. The molecule has 2 aliphatic rings. The fraction of sp³-hybridized carbons (Fsp3) is 0.476. The van der Waals surface area contributed by atoms with Crippen molar-refractivity contribution in [2.45, 2.75) is 54.5 Å². The molecule has 1 aliphatic heterocycles. The SMILES string of the molecule is CC1CCOC(c2ccc(C3CC3)cn2)C1S(=O)(=O)c1cccc(C(F)(F)F)c1. The van der Waals surface area contributed by atoms with E-state index >= 15 is 0 Å². The van der Waals surface area contributed by atoms with E-state index in [4.69, 9.17) is 4.74 Å². The van der Waals surface area contributed by atoms with Crippen molar-refractivity contribution in [3.63, 3.8) is 0 Å². The van der Waals surface area contributed by atoms with Crippen LogP contribution in [0.3, 0.4) is 0 Å². The minimum absolute atomic E-state index is 0.279. The molecule has 0 spiro atoms. The highest BCUT2D eigenvalue weighted by molar-refractivity contribution is 7.92. The number of nitrogens with zero attached hydrogens (tertiary/aromatic N) is 1. The van der Waals surface area contributed by atoms with Crippen LogP contribution in [0.1, 0.15) is 55.0 Å². The van der Waals surface area contributed by atoms with Gasteiger partial charge >= 0.3 is 6.18 Å². The van der Waals surface area contributed by atoms with E-state index in [9.17, 15) is 21.6 Å². The molecule has 0 N–H and O–H groups in total. The minimum Gasteiger partial charge on any atom is -0.371 e. The maximum Gasteiger partial charge on any atom is 0.416 e. The summed E-state index contributed by atoms with van der Waals surface area (Å²) in [7, 11) is -4.07. The Kier molecular flexibility index (Phi) is 5.19. The Morgan fingerprint density at radius 2 is 1.86 bits per heavy atom. The molecular formula is C21H22F3NO3S.